The van der Waals surface area contributed by atoms with Crippen LogP contribution in [0.4, 0.5) is 5.82 Å². The Balaban J connectivity index is 1.77. The number of anilines is 1. The molecule has 6 nitrogen and oxygen atoms in total. The topological polar surface area (TPSA) is 68.5 Å². The Morgan fingerprint density at radius 3 is 2.87 bits per heavy atom. The van der Waals surface area contributed by atoms with Gasteiger partial charge in [-0.25, -0.2) is 15.0 Å². The molecule has 0 aliphatic heterocycles. The Morgan fingerprint density at radius 2 is 2.13 bits per heavy atom. The lowest BCUT2D eigenvalue weighted by Gasteiger charge is -2.08. The Morgan fingerprint density at radius 1 is 1.26 bits per heavy atom. The van der Waals surface area contributed by atoms with Gasteiger partial charge in [-0.05, 0) is 44.4 Å². The number of pyridine rings is 1. The minimum absolute atomic E-state index is 0.511. The van der Waals surface area contributed by atoms with E-state index in [4.69, 9.17) is 4.98 Å². The summed E-state index contributed by atoms with van der Waals surface area (Å²) in [5.41, 5.74) is 3.95. The molecule has 4 rings (SSSR count). The molecule has 0 spiro atoms. The van der Waals surface area contributed by atoms with E-state index in [0.717, 1.165) is 35.0 Å². The third-order valence-corrected chi connectivity index (χ3v) is 4.07. The molecule has 3 aromatic heterocycles. The van der Waals surface area contributed by atoms with Gasteiger partial charge in [-0.3, -0.25) is 4.98 Å². The summed E-state index contributed by atoms with van der Waals surface area (Å²) in [7, 11) is 0. The summed E-state index contributed by atoms with van der Waals surface area (Å²) >= 11 is 0. The zero-order valence-corrected chi connectivity index (χ0v) is 13.5. The van der Waals surface area contributed by atoms with Crippen LogP contribution in [0.5, 0.6) is 0 Å². The van der Waals surface area contributed by atoms with Gasteiger partial charge in [0.05, 0.1) is 18.6 Å². The van der Waals surface area contributed by atoms with E-state index in [1.54, 1.807) is 0 Å². The quantitative estimate of drug-likeness (QED) is 0.785. The molecule has 3 aromatic rings. The van der Waals surface area contributed by atoms with E-state index in [2.05, 4.69) is 44.7 Å². The van der Waals surface area contributed by atoms with Crippen LogP contribution in [0.3, 0.4) is 0 Å². The fraction of sp³-hybridized carbons (Fsp3) is 0.412. The molecule has 0 atom stereocenters. The van der Waals surface area contributed by atoms with E-state index in [0.29, 0.717) is 12.5 Å². The van der Waals surface area contributed by atoms with Crippen LogP contribution in [0, 0.1) is 6.92 Å². The van der Waals surface area contributed by atoms with Crippen LogP contribution < -0.4 is 5.32 Å². The maximum Gasteiger partial charge on any atom is 0.166 e. The summed E-state index contributed by atoms with van der Waals surface area (Å²) in [6.45, 7) is 5.64. The monoisotopic (exact) mass is 308 g/mol. The van der Waals surface area contributed by atoms with Gasteiger partial charge < -0.3 is 9.88 Å². The largest absolute Gasteiger partial charge is 0.368 e. The number of nitrogens with one attached hydrogen (secondary N) is 1. The molecule has 0 bridgehead atoms. The first-order valence-electron chi connectivity index (χ1n) is 8.12. The zero-order valence-electron chi connectivity index (χ0n) is 13.5. The van der Waals surface area contributed by atoms with E-state index in [9.17, 15) is 0 Å². The van der Waals surface area contributed by atoms with E-state index in [1.807, 2.05) is 18.6 Å². The van der Waals surface area contributed by atoms with Crippen molar-refractivity contribution in [2.24, 2.45) is 0 Å². The normalized spacial score (nSPS) is 14.3. The van der Waals surface area contributed by atoms with Crippen LogP contribution in [0.2, 0.25) is 0 Å². The molecular formula is C17H20N6. The number of aryl methyl sites for hydroxylation is 1. The summed E-state index contributed by atoms with van der Waals surface area (Å²) in [4.78, 5) is 18.4. The highest BCUT2D eigenvalue weighted by molar-refractivity contribution is 5.83. The molecular weight excluding hydrogens is 288 g/mol. The second kappa shape index (κ2) is 5.61. The van der Waals surface area contributed by atoms with Crippen molar-refractivity contribution in [1.29, 1.82) is 0 Å². The fourth-order valence-corrected chi connectivity index (χ4v) is 2.75. The zero-order chi connectivity index (χ0) is 15.8. The second-order valence-electron chi connectivity index (χ2n) is 6.10. The molecule has 0 saturated heterocycles. The van der Waals surface area contributed by atoms with Crippen molar-refractivity contribution in [3.63, 3.8) is 0 Å². The van der Waals surface area contributed by atoms with Gasteiger partial charge in [0.2, 0.25) is 0 Å². The van der Waals surface area contributed by atoms with Gasteiger partial charge in [0.15, 0.2) is 11.5 Å². The van der Waals surface area contributed by atoms with Gasteiger partial charge >= 0.3 is 0 Å². The number of imidazole rings is 1. The molecule has 1 aliphatic carbocycles. The Bertz CT molecular complexity index is 849. The smallest absolute Gasteiger partial charge is 0.166 e. The first kappa shape index (κ1) is 14.1. The third kappa shape index (κ3) is 2.76. The van der Waals surface area contributed by atoms with Crippen LogP contribution in [0.1, 0.15) is 42.8 Å². The number of aromatic nitrogens is 5. The Hall–Kier alpha value is -2.50. The minimum Gasteiger partial charge on any atom is -0.368 e. The highest BCUT2D eigenvalue weighted by Crippen LogP contribution is 2.39. The highest BCUT2D eigenvalue weighted by Gasteiger charge is 2.28. The van der Waals surface area contributed by atoms with Crippen LogP contribution in [0.15, 0.2) is 24.7 Å². The third-order valence-electron chi connectivity index (χ3n) is 4.07. The molecule has 0 amide bonds. The predicted octanol–water partition coefficient (Wildman–Crippen LogP) is 2.89. The number of hydrogen-bond donors (Lipinski definition) is 1. The Labute approximate surface area is 135 Å². The van der Waals surface area contributed by atoms with Crippen molar-refractivity contribution in [3.05, 3.63) is 41.7 Å². The summed E-state index contributed by atoms with van der Waals surface area (Å²) in [6.07, 6.45) is 6.05. The maximum absolute atomic E-state index is 4.78. The lowest BCUT2D eigenvalue weighted by Crippen LogP contribution is -2.07. The van der Waals surface area contributed by atoms with Crippen molar-refractivity contribution in [2.45, 2.75) is 39.2 Å². The molecule has 1 N–H and O–H groups in total. The lowest BCUT2D eigenvalue weighted by atomic mass is 10.2. The standard InChI is InChI=1S/C17H20N6/c1-3-18-16-14-17(22-15(21-16)12-4-5-12)23(10-20-14)9-13-8-11(2)6-7-19-13/h6-8,10,12H,3-5,9H2,1-2H3,(H,18,21,22). The van der Waals surface area contributed by atoms with Gasteiger partial charge in [0, 0.05) is 18.7 Å². The molecule has 0 radical (unpaired) electrons. The fourth-order valence-electron chi connectivity index (χ4n) is 2.75. The maximum atomic E-state index is 4.78. The van der Waals surface area contributed by atoms with E-state index in [-0.39, 0.29) is 0 Å². The van der Waals surface area contributed by atoms with Crippen LogP contribution in [0.25, 0.3) is 11.2 Å². The predicted molar refractivity (Wildman–Crippen MR) is 89.5 cm³/mol. The van der Waals surface area contributed by atoms with Crippen molar-refractivity contribution >= 4 is 17.0 Å². The van der Waals surface area contributed by atoms with Crippen LogP contribution in [-0.2, 0) is 6.54 Å². The molecule has 1 fully saturated rings. The molecule has 1 aliphatic rings. The van der Waals surface area contributed by atoms with E-state index >= 15 is 0 Å². The average Bonchev–Trinajstić information content (AvgIpc) is 3.31. The summed E-state index contributed by atoms with van der Waals surface area (Å²) in [5, 5.41) is 3.32. The van der Waals surface area contributed by atoms with Gasteiger partial charge in [-0.15, -0.1) is 0 Å². The van der Waals surface area contributed by atoms with Gasteiger partial charge in [-0.2, -0.15) is 0 Å². The molecule has 0 unspecified atom stereocenters. The minimum atomic E-state index is 0.511. The van der Waals surface area contributed by atoms with Crippen LogP contribution in [-0.4, -0.2) is 31.0 Å². The molecule has 1 saturated carbocycles. The van der Waals surface area contributed by atoms with Gasteiger partial charge in [0.1, 0.15) is 11.3 Å². The van der Waals surface area contributed by atoms with Crippen LogP contribution >= 0.6 is 0 Å². The van der Waals surface area contributed by atoms with Gasteiger partial charge in [-0.1, -0.05) is 0 Å². The van der Waals surface area contributed by atoms with E-state index < -0.39 is 0 Å². The van der Waals surface area contributed by atoms with Gasteiger partial charge in [0.25, 0.3) is 0 Å². The lowest BCUT2D eigenvalue weighted by molar-refractivity contribution is 0.781. The highest BCUT2D eigenvalue weighted by atomic mass is 15.2. The summed E-state index contributed by atoms with van der Waals surface area (Å²) in [6, 6.07) is 4.10. The van der Waals surface area contributed by atoms with Crippen molar-refractivity contribution in [2.75, 3.05) is 11.9 Å². The first-order valence-corrected chi connectivity index (χ1v) is 8.12. The molecule has 6 heteroatoms. The average molecular weight is 308 g/mol. The van der Waals surface area contributed by atoms with Crippen molar-refractivity contribution in [3.8, 4) is 0 Å². The summed E-state index contributed by atoms with van der Waals surface area (Å²) < 4.78 is 2.06. The Kier molecular flexibility index (Phi) is 3.44. The molecule has 0 aromatic carbocycles. The SMILES string of the molecule is CCNc1nc(C2CC2)nc2c1ncn2Cc1cc(C)ccn1. The summed E-state index contributed by atoms with van der Waals surface area (Å²) in [5.74, 6) is 2.29. The van der Waals surface area contributed by atoms with Crippen molar-refractivity contribution in [1.82, 2.24) is 24.5 Å². The number of fused-ring (bicyclic) bond motifs is 1. The molecule has 23 heavy (non-hydrogen) atoms. The molecule has 3 heterocycles. The van der Waals surface area contributed by atoms with Crippen molar-refractivity contribution < 1.29 is 0 Å². The number of rotatable bonds is 5. The van der Waals surface area contributed by atoms with E-state index in [1.165, 1.54) is 18.4 Å². The molecule has 118 valence electrons. The first-order chi connectivity index (χ1) is 11.2. The number of nitrogens with zero attached hydrogens (tertiary/aromatic N) is 5. The second-order valence-corrected chi connectivity index (χ2v) is 6.10. The number of hydrogen-bond acceptors (Lipinski definition) is 5.